The maximum absolute atomic E-state index is 12.1. The average Bonchev–Trinajstić information content (AvgIpc) is 2.75. The summed E-state index contributed by atoms with van der Waals surface area (Å²) in [5.41, 5.74) is 0.0397. The van der Waals surface area contributed by atoms with Crippen molar-refractivity contribution in [3.63, 3.8) is 0 Å². The Bertz CT molecular complexity index is 926. The van der Waals surface area contributed by atoms with Crippen LogP contribution in [0.15, 0.2) is 24.3 Å². The number of methoxy groups -OCH3 is 1. The first-order chi connectivity index (χ1) is 16.0. The van der Waals surface area contributed by atoms with E-state index >= 15 is 0 Å². The Kier molecular flexibility index (Phi) is 9.36. The topological polar surface area (TPSA) is 150 Å². The van der Waals surface area contributed by atoms with Crippen molar-refractivity contribution >= 4 is 29.8 Å². The van der Waals surface area contributed by atoms with Crippen molar-refractivity contribution in [2.75, 3.05) is 13.7 Å². The Balaban J connectivity index is 2.52. The van der Waals surface area contributed by atoms with E-state index in [2.05, 4.69) is 0 Å². The highest BCUT2D eigenvalue weighted by molar-refractivity contribution is 5.92. The zero-order valence-corrected chi connectivity index (χ0v) is 19.3. The normalized spacial score (nSPS) is 23.7. The zero-order valence-electron chi connectivity index (χ0n) is 19.3. The lowest BCUT2D eigenvalue weighted by Gasteiger charge is -2.44. The SMILES string of the molecule is COC(=O)c1ccccc1O[C@@H]1O[C@@H](COC(C)=O)[C@@H](OC(C)=O)[C@H](OC(C)=O)[C@@H]1OC(C)=O. The summed E-state index contributed by atoms with van der Waals surface area (Å²) in [6, 6.07) is 6.03. The van der Waals surface area contributed by atoms with E-state index in [0.29, 0.717) is 0 Å². The molecule has 0 radical (unpaired) electrons. The van der Waals surface area contributed by atoms with E-state index in [1.54, 1.807) is 12.1 Å². The van der Waals surface area contributed by atoms with Gasteiger partial charge in [0, 0.05) is 27.7 Å². The maximum Gasteiger partial charge on any atom is 0.341 e. The molecule has 12 nitrogen and oxygen atoms in total. The number of para-hydroxylation sites is 1. The zero-order chi connectivity index (χ0) is 25.4. The molecule has 1 fully saturated rings. The molecule has 0 aromatic heterocycles. The molecule has 1 heterocycles. The fourth-order valence-corrected chi connectivity index (χ4v) is 3.26. The number of benzene rings is 1. The predicted molar refractivity (Wildman–Crippen MR) is 110 cm³/mol. The molecule has 1 aromatic rings. The van der Waals surface area contributed by atoms with Gasteiger partial charge in [-0.25, -0.2) is 4.79 Å². The van der Waals surface area contributed by atoms with E-state index in [1.807, 2.05) is 0 Å². The standard InChI is InChI=1S/C22H26O12/c1-11(23)29-10-17-18(30-12(2)24)19(31-13(3)25)20(32-14(4)26)22(34-17)33-16-9-7-6-8-15(16)21(27)28-5/h6-9,17-20,22H,10H2,1-5H3/t17-,18+,19-,20-,22+/m0/s1. The van der Waals surface area contributed by atoms with Crippen LogP contribution in [-0.2, 0) is 47.6 Å². The van der Waals surface area contributed by atoms with Gasteiger partial charge in [0.05, 0.1) is 7.11 Å². The minimum atomic E-state index is -1.47. The minimum Gasteiger partial charge on any atom is -0.465 e. The molecule has 0 unspecified atom stereocenters. The molecule has 34 heavy (non-hydrogen) atoms. The van der Waals surface area contributed by atoms with Crippen molar-refractivity contribution in [3.8, 4) is 5.75 Å². The van der Waals surface area contributed by atoms with Crippen LogP contribution in [0, 0.1) is 0 Å². The van der Waals surface area contributed by atoms with E-state index < -0.39 is 67.2 Å². The van der Waals surface area contributed by atoms with Crippen LogP contribution < -0.4 is 4.74 Å². The molecular formula is C22H26O12. The van der Waals surface area contributed by atoms with Crippen LogP contribution >= 0.6 is 0 Å². The van der Waals surface area contributed by atoms with Crippen molar-refractivity contribution in [1.82, 2.24) is 0 Å². The van der Waals surface area contributed by atoms with Gasteiger partial charge >= 0.3 is 29.8 Å². The van der Waals surface area contributed by atoms with E-state index in [1.165, 1.54) is 19.2 Å². The Morgan fingerprint density at radius 3 is 1.91 bits per heavy atom. The molecule has 186 valence electrons. The second-order valence-electron chi connectivity index (χ2n) is 7.17. The van der Waals surface area contributed by atoms with Gasteiger partial charge in [-0.15, -0.1) is 0 Å². The van der Waals surface area contributed by atoms with E-state index in [4.69, 9.17) is 33.2 Å². The molecule has 0 spiro atoms. The van der Waals surface area contributed by atoms with Gasteiger partial charge in [-0.1, -0.05) is 12.1 Å². The first-order valence-corrected chi connectivity index (χ1v) is 10.2. The fourth-order valence-electron chi connectivity index (χ4n) is 3.26. The van der Waals surface area contributed by atoms with Crippen LogP contribution in [0.3, 0.4) is 0 Å². The van der Waals surface area contributed by atoms with Gasteiger partial charge in [0.1, 0.15) is 24.0 Å². The summed E-state index contributed by atoms with van der Waals surface area (Å²) in [4.78, 5) is 59.0. The first-order valence-electron chi connectivity index (χ1n) is 10.2. The smallest absolute Gasteiger partial charge is 0.341 e. The molecular weight excluding hydrogens is 456 g/mol. The van der Waals surface area contributed by atoms with Crippen molar-refractivity contribution in [1.29, 1.82) is 0 Å². The van der Waals surface area contributed by atoms with Crippen molar-refractivity contribution in [2.24, 2.45) is 0 Å². The van der Waals surface area contributed by atoms with Gasteiger partial charge in [0.15, 0.2) is 12.2 Å². The number of carbonyl (C=O) groups excluding carboxylic acids is 5. The van der Waals surface area contributed by atoms with Crippen LogP contribution in [0.4, 0.5) is 0 Å². The molecule has 5 atom stereocenters. The van der Waals surface area contributed by atoms with Gasteiger partial charge in [-0.3, -0.25) is 19.2 Å². The molecule has 0 amide bonds. The number of ether oxygens (including phenoxy) is 7. The summed E-state index contributed by atoms with van der Waals surface area (Å²) in [5, 5.41) is 0. The molecule has 1 saturated heterocycles. The average molecular weight is 482 g/mol. The number of hydrogen-bond donors (Lipinski definition) is 0. The molecule has 1 aromatic carbocycles. The van der Waals surface area contributed by atoms with Crippen LogP contribution in [0.1, 0.15) is 38.1 Å². The Labute approximate surface area is 195 Å². The van der Waals surface area contributed by atoms with Gasteiger partial charge < -0.3 is 33.2 Å². The van der Waals surface area contributed by atoms with Crippen LogP contribution in [0.2, 0.25) is 0 Å². The van der Waals surface area contributed by atoms with Crippen LogP contribution in [0.25, 0.3) is 0 Å². The van der Waals surface area contributed by atoms with E-state index in [-0.39, 0.29) is 11.3 Å². The van der Waals surface area contributed by atoms with Crippen molar-refractivity contribution < 1.29 is 57.1 Å². The highest BCUT2D eigenvalue weighted by atomic mass is 16.7. The highest BCUT2D eigenvalue weighted by Crippen LogP contribution is 2.32. The fraction of sp³-hybridized carbons (Fsp3) is 0.500. The Morgan fingerprint density at radius 2 is 1.35 bits per heavy atom. The summed E-state index contributed by atoms with van der Waals surface area (Å²) in [6.07, 6.45) is -6.79. The maximum atomic E-state index is 12.1. The lowest BCUT2D eigenvalue weighted by Crippen LogP contribution is -2.63. The third-order valence-electron chi connectivity index (χ3n) is 4.48. The van der Waals surface area contributed by atoms with Gasteiger partial charge in [0.2, 0.25) is 12.4 Å². The van der Waals surface area contributed by atoms with Gasteiger partial charge in [-0.2, -0.15) is 0 Å². The molecule has 0 aliphatic carbocycles. The van der Waals surface area contributed by atoms with Crippen molar-refractivity contribution in [2.45, 2.75) is 58.4 Å². The molecule has 2 rings (SSSR count). The summed E-state index contributed by atoms with van der Waals surface area (Å²) >= 11 is 0. The largest absolute Gasteiger partial charge is 0.465 e. The van der Waals surface area contributed by atoms with Gasteiger partial charge in [-0.05, 0) is 12.1 Å². The lowest BCUT2D eigenvalue weighted by molar-refractivity contribution is -0.288. The van der Waals surface area contributed by atoms with E-state index in [9.17, 15) is 24.0 Å². The second-order valence-corrected chi connectivity index (χ2v) is 7.17. The summed E-state index contributed by atoms with van der Waals surface area (Å²) in [5.74, 6) is -3.65. The molecule has 1 aliphatic rings. The minimum absolute atomic E-state index is 0.00949. The highest BCUT2D eigenvalue weighted by Gasteiger charge is 2.53. The molecule has 0 bridgehead atoms. The van der Waals surface area contributed by atoms with Crippen molar-refractivity contribution in [3.05, 3.63) is 29.8 Å². The number of rotatable bonds is 8. The second kappa shape index (κ2) is 12.0. The monoisotopic (exact) mass is 482 g/mol. The molecule has 1 aliphatic heterocycles. The molecule has 0 saturated carbocycles. The van der Waals surface area contributed by atoms with Crippen LogP contribution in [-0.4, -0.2) is 74.3 Å². The number of hydrogen-bond acceptors (Lipinski definition) is 12. The third kappa shape index (κ3) is 7.17. The molecule has 0 N–H and O–H groups in total. The number of carbonyl (C=O) groups is 5. The summed E-state index contributed by atoms with van der Waals surface area (Å²) in [7, 11) is 1.19. The number of esters is 5. The summed E-state index contributed by atoms with van der Waals surface area (Å²) in [6.45, 7) is 4.08. The summed E-state index contributed by atoms with van der Waals surface area (Å²) < 4.78 is 37.4. The lowest BCUT2D eigenvalue weighted by atomic mass is 9.98. The Hall–Kier alpha value is -3.67. The van der Waals surface area contributed by atoms with Crippen LogP contribution in [0.5, 0.6) is 5.75 Å². The predicted octanol–water partition coefficient (Wildman–Crippen LogP) is 0.935. The van der Waals surface area contributed by atoms with E-state index in [0.717, 1.165) is 27.7 Å². The third-order valence-corrected chi connectivity index (χ3v) is 4.48. The quantitative estimate of drug-likeness (QED) is 0.383. The Morgan fingerprint density at radius 1 is 0.794 bits per heavy atom. The van der Waals surface area contributed by atoms with Gasteiger partial charge in [0.25, 0.3) is 0 Å². The first kappa shape index (κ1) is 26.6. The molecule has 12 heteroatoms.